The van der Waals surface area contributed by atoms with E-state index in [9.17, 15) is 4.79 Å². The average molecular weight is 211 g/mol. The molecule has 0 spiro atoms. The van der Waals surface area contributed by atoms with E-state index < -0.39 is 0 Å². The molecule has 2 heteroatoms. The standard InChI is InChI=1S/C13H25NO/c1-3-4-5-6-7-9-12(2)14-11-8-10-13(14)15/h12H,3-11H2,1-2H3. The van der Waals surface area contributed by atoms with Gasteiger partial charge in [0, 0.05) is 19.0 Å². The minimum absolute atomic E-state index is 0.371. The van der Waals surface area contributed by atoms with E-state index in [0.717, 1.165) is 19.4 Å². The third kappa shape index (κ3) is 4.23. The van der Waals surface area contributed by atoms with E-state index in [1.807, 2.05) is 0 Å². The van der Waals surface area contributed by atoms with Crippen molar-refractivity contribution in [1.82, 2.24) is 4.90 Å². The van der Waals surface area contributed by atoms with Crippen molar-refractivity contribution in [2.75, 3.05) is 6.54 Å². The first-order chi connectivity index (χ1) is 7.25. The van der Waals surface area contributed by atoms with Gasteiger partial charge >= 0.3 is 0 Å². The Bertz CT molecular complexity index is 191. The summed E-state index contributed by atoms with van der Waals surface area (Å²) in [7, 11) is 0. The molecule has 1 aliphatic rings. The van der Waals surface area contributed by atoms with Gasteiger partial charge in [0.05, 0.1) is 0 Å². The van der Waals surface area contributed by atoms with Gasteiger partial charge in [0.2, 0.25) is 5.91 Å². The molecule has 15 heavy (non-hydrogen) atoms. The highest BCUT2D eigenvalue weighted by molar-refractivity contribution is 5.78. The van der Waals surface area contributed by atoms with Gasteiger partial charge < -0.3 is 4.90 Å². The molecule has 0 aromatic carbocycles. The van der Waals surface area contributed by atoms with Crippen LogP contribution in [0.4, 0.5) is 0 Å². The highest BCUT2D eigenvalue weighted by atomic mass is 16.2. The zero-order valence-corrected chi connectivity index (χ0v) is 10.3. The van der Waals surface area contributed by atoms with E-state index in [1.54, 1.807) is 0 Å². The van der Waals surface area contributed by atoms with E-state index in [2.05, 4.69) is 18.7 Å². The van der Waals surface area contributed by atoms with Crippen molar-refractivity contribution in [3.63, 3.8) is 0 Å². The van der Waals surface area contributed by atoms with Gasteiger partial charge in [-0.1, -0.05) is 39.0 Å². The van der Waals surface area contributed by atoms with Crippen LogP contribution in [0.1, 0.15) is 65.2 Å². The second-order valence-electron chi connectivity index (χ2n) is 4.74. The first kappa shape index (κ1) is 12.5. The number of likely N-dealkylation sites (tertiary alicyclic amines) is 1. The van der Waals surface area contributed by atoms with E-state index >= 15 is 0 Å². The van der Waals surface area contributed by atoms with Crippen molar-refractivity contribution in [3.8, 4) is 0 Å². The van der Waals surface area contributed by atoms with Gasteiger partial charge in [0.25, 0.3) is 0 Å². The van der Waals surface area contributed by atoms with Crippen molar-refractivity contribution in [3.05, 3.63) is 0 Å². The zero-order valence-electron chi connectivity index (χ0n) is 10.3. The molecule has 1 amide bonds. The fourth-order valence-electron chi connectivity index (χ4n) is 2.33. The predicted octanol–water partition coefficient (Wildman–Crippen LogP) is 3.36. The number of nitrogens with zero attached hydrogens (tertiary/aromatic N) is 1. The minimum Gasteiger partial charge on any atom is -0.340 e. The van der Waals surface area contributed by atoms with E-state index in [1.165, 1.54) is 38.5 Å². The van der Waals surface area contributed by atoms with E-state index in [4.69, 9.17) is 0 Å². The molecule has 0 radical (unpaired) electrons. The number of unbranched alkanes of at least 4 members (excludes halogenated alkanes) is 4. The van der Waals surface area contributed by atoms with Gasteiger partial charge in [-0.25, -0.2) is 0 Å². The van der Waals surface area contributed by atoms with E-state index in [0.29, 0.717) is 11.9 Å². The zero-order chi connectivity index (χ0) is 11.1. The monoisotopic (exact) mass is 211 g/mol. The maximum Gasteiger partial charge on any atom is 0.222 e. The summed E-state index contributed by atoms with van der Waals surface area (Å²) in [6.07, 6.45) is 9.67. The topological polar surface area (TPSA) is 20.3 Å². The molecule has 1 atom stereocenters. The van der Waals surface area contributed by atoms with Crippen LogP contribution < -0.4 is 0 Å². The second-order valence-corrected chi connectivity index (χ2v) is 4.74. The fourth-order valence-corrected chi connectivity index (χ4v) is 2.33. The van der Waals surface area contributed by atoms with Crippen LogP contribution in [0.15, 0.2) is 0 Å². The van der Waals surface area contributed by atoms with Crippen LogP contribution >= 0.6 is 0 Å². The van der Waals surface area contributed by atoms with Crippen LogP contribution in [0.25, 0.3) is 0 Å². The molecule has 1 aliphatic heterocycles. The number of carbonyl (C=O) groups excluding carboxylic acids is 1. The summed E-state index contributed by atoms with van der Waals surface area (Å²) in [4.78, 5) is 13.5. The van der Waals surface area contributed by atoms with Crippen molar-refractivity contribution >= 4 is 5.91 Å². The molecule has 1 saturated heterocycles. The third-order valence-electron chi connectivity index (χ3n) is 3.37. The van der Waals surface area contributed by atoms with Crippen molar-refractivity contribution in [2.24, 2.45) is 0 Å². The first-order valence-electron chi connectivity index (χ1n) is 6.55. The number of hydrogen-bond donors (Lipinski definition) is 0. The Morgan fingerprint density at radius 1 is 1.27 bits per heavy atom. The SMILES string of the molecule is CCCCCCCC(C)N1CCCC1=O. The molecule has 2 nitrogen and oxygen atoms in total. The molecule has 88 valence electrons. The molecule has 0 N–H and O–H groups in total. The maximum absolute atomic E-state index is 11.5. The summed E-state index contributed by atoms with van der Waals surface area (Å²) in [6, 6.07) is 0.474. The Hall–Kier alpha value is -0.530. The molecule has 0 aliphatic carbocycles. The van der Waals surface area contributed by atoms with Gasteiger partial charge in [0.1, 0.15) is 0 Å². The number of rotatable bonds is 7. The van der Waals surface area contributed by atoms with E-state index in [-0.39, 0.29) is 0 Å². The van der Waals surface area contributed by atoms with Gasteiger partial charge in [-0.05, 0) is 19.8 Å². The molecule has 1 unspecified atom stereocenters. The fraction of sp³-hybridized carbons (Fsp3) is 0.923. The average Bonchev–Trinajstić information content (AvgIpc) is 2.64. The second kappa shape index (κ2) is 6.86. The molecule has 0 bridgehead atoms. The summed E-state index contributed by atoms with van der Waals surface area (Å²) >= 11 is 0. The van der Waals surface area contributed by atoms with Gasteiger partial charge in [-0.15, -0.1) is 0 Å². The Kier molecular flexibility index (Phi) is 5.74. The molecule has 1 heterocycles. The molecule has 0 aromatic rings. The summed E-state index contributed by atoms with van der Waals surface area (Å²) in [6.45, 7) is 5.43. The lowest BCUT2D eigenvalue weighted by Crippen LogP contribution is -2.33. The van der Waals surface area contributed by atoms with Crippen LogP contribution in [0, 0.1) is 0 Å². The Balaban J connectivity index is 2.07. The summed E-state index contributed by atoms with van der Waals surface area (Å²) in [5.74, 6) is 0.371. The quantitative estimate of drug-likeness (QED) is 0.591. The van der Waals surface area contributed by atoms with Gasteiger partial charge in [0.15, 0.2) is 0 Å². The summed E-state index contributed by atoms with van der Waals surface area (Å²) < 4.78 is 0. The molecule has 1 fully saturated rings. The molecule has 0 aromatic heterocycles. The highest BCUT2D eigenvalue weighted by Crippen LogP contribution is 2.17. The predicted molar refractivity (Wildman–Crippen MR) is 63.8 cm³/mol. The third-order valence-corrected chi connectivity index (χ3v) is 3.37. The van der Waals surface area contributed by atoms with Crippen molar-refractivity contribution in [1.29, 1.82) is 0 Å². The largest absolute Gasteiger partial charge is 0.340 e. The summed E-state index contributed by atoms with van der Waals surface area (Å²) in [5.41, 5.74) is 0. The Labute approximate surface area is 94.0 Å². The first-order valence-corrected chi connectivity index (χ1v) is 6.55. The Morgan fingerprint density at radius 3 is 2.60 bits per heavy atom. The van der Waals surface area contributed by atoms with Crippen LogP contribution in [-0.4, -0.2) is 23.4 Å². The Morgan fingerprint density at radius 2 is 2.00 bits per heavy atom. The number of amides is 1. The molecule has 0 saturated carbocycles. The van der Waals surface area contributed by atoms with Crippen LogP contribution in [-0.2, 0) is 4.79 Å². The van der Waals surface area contributed by atoms with Gasteiger partial charge in [-0.3, -0.25) is 4.79 Å². The minimum atomic E-state index is 0.371. The van der Waals surface area contributed by atoms with Crippen LogP contribution in [0.2, 0.25) is 0 Å². The maximum atomic E-state index is 11.5. The van der Waals surface area contributed by atoms with Crippen molar-refractivity contribution in [2.45, 2.75) is 71.3 Å². The lowest BCUT2D eigenvalue weighted by Gasteiger charge is -2.24. The highest BCUT2D eigenvalue weighted by Gasteiger charge is 2.24. The van der Waals surface area contributed by atoms with Gasteiger partial charge in [-0.2, -0.15) is 0 Å². The lowest BCUT2D eigenvalue weighted by molar-refractivity contribution is -0.129. The van der Waals surface area contributed by atoms with Crippen LogP contribution in [0.3, 0.4) is 0 Å². The lowest BCUT2D eigenvalue weighted by atomic mass is 10.1. The number of hydrogen-bond acceptors (Lipinski definition) is 1. The molecule has 1 rings (SSSR count). The number of carbonyl (C=O) groups is 1. The smallest absolute Gasteiger partial charge is 0.222 e. The normalized spacial score (nSPS) is 18.5. The van der Waals surface area contributed by atoms with Crippen molar-refractivity contribution < 1.29 is 4.79 Å². The molecular formula is C13H25NO. The summed E-state index contributed by atoms with van der Waals surface area (Å²) in [5, 5.41) is 0. The van der Waals surface area contributed by atoms with Crippen LogP contribution in [0.5, 0.6) is 0 Å². The molecular weight excluding hydrogens is 186 g/mol.